The van der Waals surface area contributed by atoms with E-state index in [4.69, 9.17) is 9.72 Å². The van der Waals surface area contributed by atoms with Crippen LogP contribution in [0.1, 0.15) is 82.4 Å². The van der Waals surface area contributed by atoms with Crippen molar-refractivity contribution in [2.75, 3.05) is 38.6 Å². The SMILES string of the molecule is COC(=O)[C@H](CCCCCCCc1ccc2c(n1)NCCC2)NC(=O)C1(C)CCN(CCC(F)(F)F)CC1. The van der Waals surface area contributed by atoms with Crippen molar-refractivity contribution in [1.82, 2.24) is 15.2 Å². The van der Waals surface area contributed by atoms with E-state index < -0.39 is 30.0 Å². The number of alkyl halides is 3. The van der Waals surface area contributed by atoms with Crippen molar-refractivity contribution in [3.63, 3.8) is 0 Å². The molecule has 1 fully saturated rings. The molecule has 7 nitrogen and oxygen atoms in total. The Hall–Kier alpha value is -2.36. The average molecular weight is 541 g/mol. The van der Waals surface area contributed by atoms with Gasteiger partial charge in [0.05, 0.1) is 13.5 Å². The summed E-state index contributed by atoms with van der Waals surface area (Å²) >= 11 is 0. The summed E-state index contributed by atoms with van der Waals surface area (Å²) in [6, 6.07) is 3.60. The average Bonchev–Trinajstić information content (AvgIpc) is 2.90. The molecule has 1 atom stereocenters. The quantitative estimate of drug-likeness (QED) is 0.270. The van der Waals surface area contributed by atoms with Gasteiger partial charge in [-0.05, 0) is 69.7 Å². The maximum Gasteiger partial charge on any atom is 0.390 e. The Balaban J connectivity index is 1.35. The van der Waals surface area contributed by atoms with Crippen LogP contribution in [0.5, 0.6) is 0 Å². The molecule has 1 amide bonds. The third kappa shape index (κ3) is 9.43. The highest BCUT2D eigenvalue weighted by atomic mass is 19.4. The number of likely N-dealkylation sites (tertiary alicyclic amines) is 1. The van der Waals surface area contributed by atoms with Crippen LogP contribution in [0, 0.1) is 5.41 Å². The van der Waals surface area contributed by atoms with E-state index in [1.54, 1.807) is 4.90 Å². The maximum atomic E-state index is 13.0. The Bertz CT molecular complexity index is 917. The van der Waals surface area contributed by atoms with E-state index in [0.717, 1.165) is 69.4 Å². The predicted octanol–water partition coefficient (Wildman–Crippen LogP) is 5.04. The number of methoxy groups -OCH3 is 1. The van der Waals surface area contributed by atoms with Gasteiger partial charge in [0.15, 0.2) is 0 Å². The number of unbranched alkanes of at least 4 members (excludes halogenated alkanes) is 4. The van der Waals surface area contributed by atoms with Crippen molar-refractivity contribution in [2.45, 2.75) is 96.2 Å². The van der Waals surface area contributed by atoms with Crippen LogP contribution in [-0.4, -0.2) is 67.3 Å². The van der Waals surface area contributed by atoms with Crippen LogP contribution in [0.2, 0.25) is 0 Å². The number of esters is 1. The predicted molar refractivity (Wildman–Crippen MR) is 141 cm³/mol. The number of amides is 1. The van der Waals surface area contributed by atoms with Crippen LogP contribution < -0.4 is 10.6 Å². The molecule has 2 N–H and O–H groups in total. The maximum absolute atomic E-state index is 13.0. The molecule has 0 aromatic carbocycles. The van der Waals surface area contributed by atoms with Gasteiger partial charge in [0.25, 0.3) is 0 Å². The Kier molecular flexibility index (Phi) is 11.2. The number of anilines is 1. The van der Waals surface area contributed by atoms with Gasteiger partial charge in [0.2, 0.25) is 5.91 Å². The van der Waals surface area contributed by atoms with Gasteiger partial charge in [-0.15, -0.1) is 0 Å². The molecule has 0 bridgehead atoms. The number of carbonyl (C=O) groups is 2. The minimum absolute atomic E-state index is 0.0486. The van der Waals surface area contributed by atoms with E-state index in [9.17, 15) is 22.8 Å². The molecular formula is C28H43F3N4O3. The summed E-state index contributed by atoms with van der Waals surface area (Å²) in [5.74, 6) is 0.345. The van der Waals surface area contributed by atoms with Crippen LogP contribution in [-0.2, 0) is 27.2 Å². The monoisotopic (exact) mass is 540 g/mol. The highest BCUT2D eigenvalue weighted by Crippen LogP contribution is 2.32. The summed E-state index contributed by atoms with van der Waals surface area (Å²) in [4.78, 5) is 31.9. The fourth-order valence-corrected chi connectivity index (χ4v) is 5.20. The number of hydrogen-bond donors (Lipinski definition) is 2. The van der Waals surface area contributed by atoms with Gasteiger partial charge in [-0.1, -0.05) is 38.7 Å². The van der Waals surface area contributed by atoms with Crippen molar-refractivity contribution >= 4 is 17.7 Å². The molecule has 214 valence electrons. The molecule has 1 saturated heterocycles. The number of pyridine rings is 1. The largest absolute Gasteiger partial charge is 0.467 e. The topological polar surface area (TPSA) is 83.6 Å². The second kappa shape index (κ2) is 14.1. The highest BCUT2D eigenvalue weighted by molar-refractivity contribution is 5.87. The lowest BCUT2D eigenvalue weighted by Crippen LogP contribution is -2.52. The lowest BCUT2D eigenvalue weighted by molar-refractivity contribution is -0.148. The Morgan fingerprint density at radius 1 is 1.16 bits per heavy atom. The lowest BCUT2D eigenvalue weighted by atomic mass is 9.79. The Labute approximate surface area is 224 Å². The van der Waals surface area contributed by atoms with Gasteiger partial charge < -0.3 is 20.3 Å². The van der Waals surface area contributed by atoms with Gasteiger partial charge in [-0.25, -0.2) is 9.78 Å². The van der Waals surface area contributed by atoms with E-state index >= 15 is 0 Å². The van der Waals surface area contributed by atoms with Crippen molar-refractivity contribution < 1.29 is 27.5 Å². The summed E-state index contributed by atoms with van der Waals surface area (Å²) in [7, 11) is 1.31. The molecular weight excluding hydrogens is 497 g/mol. The van der Waals surface area contributed by atoms with Crippen molar-refractivity contribution in [3.05, 3.63) is 23.4 Å². The molecule has 1 aromatic rings. The van der Waals surface area contributed by atoms with E-state index in [0.29, 0.717) is 32.4 Å². The standard InChI is InChI=1S/C28H43F3N4O3/c1-27(14-18-35(19-15-27)20-16-28(29,30)31)26(37)34-23(25(36)38-2)11-7-5-3-4-6-10-22-13-12-21-9-8-17-32-24(21)33-22/h12-13,23H,3-11,14-20H2,1-2H3,(H,32,33)(H,34,37)/t23-/m0/s1. The number of aryl methyl sites for hydroxylation is 2. The molecule has 38 heavy (non-hydrogen) atoms. The number of aromatic nitrogens is 1. The van der Waals surface area contributed by atoms with Crippen LogP contribution in [0.25, 0.3) is 0 Å². The normalized spacial score (nSPS) is 18.2. The second-order valence-corrected chi connectivity index (χ2v) is 11.0. The first-order chi connectivity index (χ1) is 18.1. The van der Waals surface area contributed by atoms with Gasteiger partial charge >= 0.3 is 12.1 Å². The number of rotatable bonds is 13. The fourth-order valence-electron chi connectivity index (χ4n) is 5.20. The van der Waals surface area contributed by atoms with Crippen LogP contribution in [0.4, 0.5) is 19.0 Å². The van der Waals surface area contributed by atoms with Gasteiger partial charge in [0, 0.05) is 24.2 Å². The van der Waals surface area contributed by atoms with Gasteiger partial charge in [-0.2, -0.15) is 13.2 Å². The second-order valence-electron chi connectivity index (χ2n) is 11.0. The van der Waals surface area contributed by atoms with E-state index in [2.05, 4.69) is 22.8 Å². The fraction of sp³-hybridized carbons (Fsp3) is 0.750. The van der Waals surface area contributed by atoms with Crippen molar-refractivity contribution in [1.29, 1.82) is 0 Å². The highest BCUT2D eigenvalue weighted by Gasteiger charge is 2.39. The molecule has 1 aromatic heterocycles. The zero-order valence-electron chi connectivity index (χ0n) is 22.8. The molecule has 0 spiro atoms. The van der Waals surface area contributed by atoms with E-state index in [-0.39, 0.29) is 12.5 Å². The minimum atomic E-state index is -4.18. The number of ether oxygens (including phenoxy) is 1. The molecule has 2 aliphatic rings. The minimum Gasteiger partial charge on any atom is -0.467 e. The molecule has 0 unspecified atom stereocenters. The first kappa shape index (κ1) is 30.2. The zero-order chi connectivity index (χ0) is 27.6. The number of nitrogens with zero attached hydrogens (tertiary/aromatic N) is 2. The third-order valence-electron chi connectivity index (χ3n) is 7.89. The number of halogens is 3. The smallest absolute Gasteiger partial charge is 0.390 e. The van der Waals surface area contributed by atoms with Crippen molar-refractivity contribution in [3.8, 4) is 0 Å². The first-order valence-electron chi connectivity index (χ1n) is 14.0. The van der Waals surface area contributed by atoms with E-state index in [1.165, 1.54) is 12.7 Å². The van der Waals surface area contributed by atoms with Gasteiger partial charge in [-0.3, -0.25) is 4.79 Å². The molecule has 0 saturated carbocycles. The molecule has 0 aliphatic carbocycles. The van der Waals surface area contributed by atoms with E-state index in [1.807, 2.05) is 6.92 Å². The summed E-state index contributed by atoms with van der Waals surface area (Å²) in [5.41, 5.74) is 1.71. The zero-order valence-corrected chi connectivity index (χ0v) is 22.8. The summed E-state index contributed by atoms with van der Waals surface area (Å²) in [5, 5.41) is 6.25. The Morgan fingerprint density at radius 2 is 1.87 bits per heavy atom. The molecule has 2 aliphatic heterocycles. The number of hydrogen-bond acceptors (Lipinski definition) is 6. The summed E-state index contributed by atoms with van der Waals surface area (Å²) in [6.45, 7) is 3.62. The lowest BCUT2D eigenvalue weighted by Gasteiger charge is -2.39. The van der Waals surface area contributed by atoms with Crippen LogP contribution in [0.3, 0.4) is 0 Å². The Morgan fingerprint density at radius 3 is 2.58 bits per heavy atom. The molecule has 0 radical (unpaired) electrons. The molecule has 3 rings (SSSR count). The van der Waals surface area contributed by atoms with Gasteiger partial charge in [0.1, 0.15) is 11.9 Å². The number of piperidine rings is 1. The number of fused-ring (bicyclic) bond motifs is 1. The third-order valence-corrected chi connectivity index (χ3v) is 7.89. The molecule has 10 heteroatoms. The number of nitrogens with one attached hydrogen (secondary N) is 2. The number of carbonyl (C=O) groups excluding carboxylic acids is 2. The molecule has 3 heterocycles. The first-order valence-corrected chi connectivity index (χ1v) is 14.0. The summed E-state index contributed by atoms with van der Waals surface area (Å²) in [6.07, 6.45) is 4.50. The summed E-state index contributed by atoms with van der Waals surface area (Å²) < 4.78 is 42.5. The van der Waals surface area contributed by atoms with Crippen molar-refractivity contribution in [2.24, 2.45) is 5.41 Å². The van der Waals surface area contributed by atoms with Crippen LogP contribution in [0.15, 0.2) is 12.1 Å². The van der Waals surface area contributed by atoms with Crippen LogP contribution >= 0.6 is 0 Å².